The summed E-state index contributed by atoms with van der Waals surface area (Å²) in [5.41, 5.74) is 0.839. The van der Waals surface area contributed by atoms with E-state index in [2.05, 4.69) is 25.9 Å². The molecule has 0 saturated heterocycles. The highest BCUT2D eigenvalue weighted by Gasteiger charge is 1.92. The molecule has 0 bridgehead atoms. The summed E-state index contributed by atoms with van der Waals surface area (Å²) in [6, 6.07) is 0. The molecule has 0 radical (unpaired) electrons. The summed E-state index contributed by atoms with van der Waals surface area (Å²) in [5.74, 6) is 0. The third-order valence-corrected chi connectivity index (χ3v) is 1.38. The first-order valence-electron chi connectivity index (χ1n) is 2.78. The van der Waals surface area contributed by atoms with Crippen molar-refractivity contribution in [3.05, 3.63) is 22.7 Å². The van der Waals surface area contributed by atoms with E-state index in [0.29, 0.717) is 6.61 Å². The summed E-state index contributed by atoms with van der Waals surface area (Å²) in [7, 11) is 1.63. The van der Waals surface area contributed by atoms with Crippen molar-refractivity contribution in [2.75, 3.05) is 7.11 Å². The Hall–Kier alpha value is -0.480. The zero-order valence-corrected chi connectivity index (χ0v) is 7.13. The first-order valence-corrected chi connectivity index (χ1v) is 3.57. The van der Waals surface area contributed by atoms with E-state index < -0.39 is 0 Å². The van der Waals surface area contributed by atoms with Gasteiger partial charge in [-0.25, -0.2) is 4.98 Å². The van der Waals surface area contributed by atoms with Gasteiger partial charge in [-0.15, -0.1) is 0 Å². The zero-order valence-electron chi connectivity index (χ0n) is 5.54. The molecule has 10 heavy (non-hydrogen) atoms. The summed E-state index contributed by atoms with van der Waals surface area (Å²) < 4.78 is 5.59. The quantitative estimate of drug-likeness (QED) is 0.728. The lowest BCUT2D eigenvalue weighted by molar-refractivity contribution is 0.181. The van der Waals surface area contributed by atoms with Crippen molar-refractivity contribution in [2.24, 2.45) is 0 Å². The van der Waals surface area contributed by atoms with Crippen LogP contribution < -0.4 is 0 Å². The summed E-state index contributed by atoms with van der Waals surface area (Å²) in [6.45, 7) is 0.514. The van der Waals surface area contributed by atoms with Gasteiger partial charge in [-0.05, 0) is 15.9 Å². The third kappa shape index (κ3) is 2.04. The van der Waals surface area contributed by atoms with Gasteiger partial charge in [-0.1, -0.05) is 0 Å². The monoisotopic (exact) mass is 202 g/mol. The van der Waals surface area contributed by atoms with Crippen molar-refractivity contribution in [2.45, 2.75) is 6.61 Å². The highest BCUT2D eigenvalue weighted by atomic mass is 79.9. The zero-order chi connectivity index (χ0) is 7.40. The molecule has 0 fully saturated rings. The molecule has 1 heterocycles. The molecule has 0 aliphatic carbocycles. The SMILES string of the molecule is COCc1cnc(Br)cn1. The van der Waals surface area contributed by atoms with Crippen LogP contribution in [0, 0.1) is 0 Å². The average Bonchev–Trinajstić information content (AvgIpc) is 1.95. The molecule has 0 unspecified atom stereocenters. The lowest BCUT2D eigenvalue weighted by Crippen LogP contribution is -1.92. The van der Waals surface area contributed by atoms with Gasteiger partial charge >= 0.3 is 0 Å². The van der Waals surface area contributed by atoms with E-state index in [1.54, 1.807) is 19.5 Å². The number of halogens is 1. The van der Waals surface area contributed by atoms with Crippen LogP contribution in [0.1, 0.15) is 5.69 Å². The predicted molar refractivity (Wildman–Crippen MR) is 40.4 cm³/mol. The second-order valence-corrected chi connectivity index (χ2v) is 2.58. The molecule has 0 saturated carbocycles. The van der Waals surface area contributed by atoms with Crippen LogP contribution in [0.25, 0.3) is 0 Å². The Balaban J connectivity index is 2.69. The molecule has 1 aromatic rings. The van der Waals surface area contributed by atoms with Crippen LogP contribution >= 0.6 is 15.9 Å². The van der Waals surface area contributed by atoms with E-state index in [1.807, 2.05) is 0 Å². The van der Waals surface area contributed by atoms with Crippen LogP contribution in [0.5, 0.6) is 0 Å². The smallest absolute Gasteiger partial charge is 0.124 e. The molecule has 3 nitrogen and oxygen atoms in total. The van der Waals surface area contributed by atoms with Crippen LogP contribution in [0.15, 0.2) is 17.0 Å². The van der Waals surface area contributed by atoms with Gasteiger partial charge in [0, 0.05) is 7.11 Å². The Bertz CT molecular complexity index is 199. The van der Waals surface area contributed by atoms with E-state index in [1.165, 1.54) is 0 Å². The molecule has 0 aliphatic heterocycles. The fourth-order valence-corrected chi connectivity index (χ4v) is 0.766. The van der Waals surface area contributed by atoms with E-state index in [-0.39, 0.29) is 0 Å². The molecule has 4 heteroatoms. The molecule has 0 spiro atoms. The van der Waals surface area contributed by atoms with Gasteiger partial charge in [-0.3, -0.25) is 4.98 Å². The topological polar surface area (TPSA) is 35.0 Å². The minimum absolute atomic E-state index is 0.514. The molecule has 0 atom stereocenters. The minimum atomic E-state index is 0.514. The van der Waals surface area contributed by atoms with Crippen molar-refractivity contribution in [1.29, 1.82) is 0 Å². The number of hydrogen-bond donors (Lipinski definition) is 0. The first kappa shape index (κ1) is 7.63. The Morgan fingerprint density at radius 2 is 2.30 bits per heavy atom. The van der Waals surface area contributed by atoms with Gasteiger partial charge in [0.2, 0.25) is 0 Å². The molecular weight excluding hydrogens is 196 g/mol. The number of methoxy groups -OCH3 is 1. The Morgan fingerprint density at radius 3 is 2.80 bits per heavy atom. The second-order valence-electron chi connectivity index (χ2n) is 1.76. The molecule has 0 N–H and O–H groups in total. The number of hydrogen-bond acceptors (Lipinski definition) is 3. The molecule has 0 amide bonds. The maximum absolute atomic E-state index is 4.85. The molecule has 54 valence electrons. The summed E-state index contributed by atoms with van der Waals surface area (Å²) in [6.07, 6.45) is 3.32. The van der Waals surface area contributed by atoms with Crippen LogP contribution in [-0.2, 0) is 11.3 Å². The predicted octanol–water partition coefficient (Wildman–Crippen LogP) is 1.39. The fraction of sp³-hybridized carbons (Fsp3) is 0.333. The van der Waals surface area contributed by atoms with Crippen molar-refractivity contribution in [3.63, 3.8) is 0 Å². The van der Waals surface area contributed by atoms with E-state index in [4.69, 9.17) is 4.74 Å². The van der Waals surface area contributed by atoms with Gasteiger partial charge in [0.05, 0.1) is 24.7 Å². The van der Waals surface area contributed by atoms with E-state index >= 15 is 0 Å². The lowest BCUT2D eigenvalue weighted by Gasteiger charge is -1.95. The van der Waals surface area contributed by atoms with Crippen molar-refractivity contribution >= 4 is 15.9 Å². The van der Waals surface area contributed by atoms with Gasteiger partial charge in [0.25, 0.3) is 0 Å². The molecule has 1 rings (SSSR count). The van der Waals surface area contributed by atoms with Gasteiger partial charge in [-0.2, -0.15) is 0 Å². The van der Waals surface area contributed by atoms with Gasteiger partial charge < -0.3 is 4.74 Å². The molecule has 0 aromatic carbocycles. The van der Waals surface area contributed by atoms with Gasteiger partial charge in [0.1, 0.15) is 4.60 Å². The standard InChI is InChI=1S/C6H7BrN2O/c1-10-4-5-2-9-6(7)3-8-5/h2-3H,4H2,1H3. The van der Waals surface area contributed by atoms with E-state index in [0.717, 1.165) is 10.3 Å². The largest absolute Gasteiger partial charge is 0.378 e. The van der Waals surface area contributed by atoms with Crippen LogP contribution in [-0.4, -0.2) is 17.1 Å². The average molecular weight is 203 g/mol. The van der Waals surface area contributed by atoms with Crippen LogP contribution in [0.2, 0.25) is 0 Å². The van der Waals surface area contributed by atoms with Crippen molar-refractivity contribution in [1.82, 2.24) is 9.97 Å². The highest BCUT2D eigenvalue weighted by Crippen LogP contribution is 2.02. The molecule has 0 aliphatic rings. The van der Waals surface area contributed by atoms with Gasteiger partial charge in [0.15, 0.2) is 0 Å². The lowest BCUT2D eigenvalue weighted by atomic mass is 10.5. The first-order chi connectivity index (χ1) is 4.83. The minimum Gasteiger partial charge on any atom is -0.378 e. The molecular formula is C6H7BrN2O. The summed E-state index contributed by atoms with van der Waals surface area (Å²) >= 11 is 3.18. The maximum atomic E-state index is 4.85. The third-order valence-electron chi connectivity index (χ3n) is 0.966. The van der Waals surface area contributed by atoms with Crippen molar-refractivity contribution < 1.29 is 4.74 Å². The highest BCUT2D eigenvalue weighted by molar-refractivity contribution is 9.10. The maximum Gasteiger partial charge on any atom is 0.124 e. The normalized spacial score (nSPS) is 9.80. The molecule has 1 aromatic heterocycles. The van der Waals surface area contributed by atoms with Crippen LogP contribution in [0.4, 0.5) is 0 Å². The number of aromatic nitrogens is 2. The Kier molecular flexibility index (Phi) is 2.77. The fourth-order valence-electron chi connectivity index (χ4n) is 0.561. The number of nitrogens with zero attached hydrogens (tertiary/aromatic N) is 2. The number of ether oxygens (including phenoxy) is 1. The van der Waals surface area contributed by atoms with Crippen molar-refractivity contribution in [3.8, 4) is 0 Å². The summed E-state index contributed by atoms with van der Waals surface area (Å²) in [4.78, 5) is 8.01. The number of rotatable bonds is 2. The Morgan fingerprint density at radius 1 is 1.50 bits per heavy atom. The second kappa shape index (κ2) is 3.63. The summed E-state index contributed by atoms with van der Waals surface area (Å²) in [5, 5.41) is 0. The van der Waals surface area contributed by atoms with E-state index in [9.17, 15) is 0 Å². The Labute approximate surface area is 67.6 Å². The van der Waals surface area contributed by atoms with Crippen LogP contribution in [0.3, 0.4) is 0 Å².